The first-order valence-corrected chi connectivity index (χ1v) is 8.94. The topological polar surface area (TPSA) is 41.6 Å². The summed E-state index contributed by atoms with van der Waals surface area (Å²) in [4.78, 5) is 14.3. The molecule has 2 aliphatic heterocycles. The Bertz CT molecular complexity index is 330. The molecule has 0 bridgehead atoms. The Kier molecular flexibility index (Phi) is 5.53. The minimum Gasteiger partial charge on any atom is -0.378 e. The second-order valence-corrected chi connectivity index (χ2v) is 7.03. The van der Waals surface area contributed by atoms with Gasteiger partial charge in [-0.15, -0.1) is 0 Å². The van der Waals surface area contributed by atoms with Crippen molar-refractivity contribution < 1.29 is 9.53 Å². The molecular formula is C17H30N2O2. The maximum atomic E-state index is 12.3. The highest BCUT2D eigenvalue weighted by atomic mass is 16.5. The van der Waals surface area contributed by atoms with Crippen LogP contribution in [0.4, 0.5) is 0 Å². The Morgan fingerprint density at radius 3 is 2.57 bits per heavy atom. The molecule has 2 heterocycles. The average Bonchev–Trinajstić information content (AvgIpc) is 3.36. The van der Waals surface area contributed by atoms with E-state index in [1.54, 1.807) is 0 Å². The van der Waals surface area contributed by atoms with Gasteiger partial charge in [-0.05, 0) is 63.8 Å². The number of nitrogens with zero attached hydrogens (tertiary/aromatic N) is 1. The van der Waals surface area contributed by atoms with Crippen LogP contribution in [0.1, 0.15) is 57.8 Å². The van der Waals surface area contributed by atoms with Gasteiger partial charge >= 0.3 is 0 Å². The molecule has 4 nitrogen and oxygen atoms in total. The summed E-state index contributed by atoms with van der Waals surface area (Å²) >= 11 is 0. The average molecular weight is 294 g/mol. The van der Waals surface area contributed by atoms with Crippen LogP contribution in [0.5, 0.6) is 0 Å². The third kappa shape index (κ3) is 4.96. The number of carbonyl (C=O) groups is 1. The van der Waals surface area contributed by atoms with E-state index in [1.807, 2.05) is 0 Å². The van der Waals surface area contributed by atoms with E-state index >= 15 is 0 Å². The van der Waals surface area contributed by atoms with E-state index in [0.717, 1.165) is 51.3 Å². The van der Waals surface area contributed by atoms with E-state index in [0.29, 0.717) is 24.5 Å². The summed E-state index contributed by atoms with van der Waals surface area (Å²) in [7, 11) is 0. The van der Waals surface area contributed by atoms with Crippen molar-refractivity contribution in [1.29, 1.82) is 0 Å². The van der Waals surface area contributed by atoms with Crippen LogP contribution in [0.15, 0.2) is 0 Å². The molecule has 1 atom stereocenters. The first kappa shape index (κ1) is 15.3. The number of hydrogen-bond acceptors (Lipinski definition) is 3. The van der Waals surface area contributed by atoms with Gasteiger partial charge < -0.3 is 15.0 Å². The first-order valence-electron chi connectivity index (χ1n) is 8.94. The molecule has 1 unspecified atom stereocenters. The van der Waals surface area contributed by atoms with Crippen molar-refractivity contribution in [3.05, 3.63) is 0 Å². The number of amides is 1. The maximum absolute atomic E-state index is 12.3. The zero-order chi connectivity index (χ0) is 14.5. The van der Waals surface area contributed by atoms with E-state index in [2.05, 4.69) is 10.2 Å². The normalized spacial score (nSPS) is 27.8. The monoisotopic (exact) mass is 294 g/mol. The lowest BCUT2D eigenvalue weighted by Crippen LogP contribution is -2.45. The summed E-state index contributed by atoms with van der Waals surface area (Å²) in [6.45, 7) is 3.95. The predicted molar refractivity (Wildman–Crippen MR) is 83.2 cm³/mol. The third-order valence-corrected chi connectivity index (χ3v) is 5.19. The molecule has 21 heavy (non-hydrogen) atoms. The minimum absolute atomic E-state index is 0.334. The molecule has 120 valence electrons. The van der Waals surface area contributed by atoms with Gasteiger partial charge in [-0.25, -0.2) is 0 Å². The van der Waals surface area contributed by atoms with Crippen molar-refractivity contribution in [1.82, 2.24) is 10.2 Å². The highest BCUT2D eigenvalue weighted by Gasteiger charge is 2.26. The molecule has 0 aromatic carbocycles. The second-order valence-electron chi connectivity index (χ2n) is 7.03. The van der Waals surface area contributed by atoms with Gasteiger partial charge in [0.25, 0.3) is 0 Å². The fraction of sp³-hybridized carbons (Fsp3) is 0.941. The highest BCUT2D eigenvalue weighted by Crippen LogP contribution is 2.28. The number of nitrogens with one attached hydrogen (secondary N) is 1. The first-order chi connectivity index (χ1) is 10.3. The molecule has 3 rings (SSSR count). The van der Waals surface area contributed by atoms with Gasteiger partial charge in [0.15, 0.2) is 0 Å². The quantitative estimate of drug-likeness (QED) is 0.817. The Labute approximate surface area is 128 Å². The molecule has 3 aliphatic rings. The lowest BCUT2D eigenvalue weighted by Gasteiger charge is -2.33. The van der Waals surface area contributed by atoms with Gasteiger partial charge in [-0.1, -0.05) is 0 Å². The molecule has 0 spiro atoms. The summed E-state index contributed by atoms with van der Waals surface area (Å²) in [5.41, 5.74) is 0. The van der Waals surface area contributed by atoms with E-state index in [4.69, 9.17) is 4.74 Å². The number of hydrogen-bond donors (Lipinski definition) is 1. The number of likely N-dealkylation sites (tertiary alicyclic amines) is 1. The molecule has 1 amide bonds. The van der Waals surface area contributed by atoms with Crippen LogP contribution >= 0.6 is 0 Å². The van der Waals surface area contributed by atoms with Crippen LogP contribution in [0.3, 0.4) is 0 Å². The summed E-state index contributed by atoms with van der Waals surface area (Å²) in [5, 5.41) is 3.67. The standard InChI is InChI=1S/C17H30N2O2/c20-17(7-6-16-3-1-2-12-21-16)19-10-8-15(9-11-19)18-13-14-4-5-14/h14-16,18H,1-13H2. The van der Waals surface area contributed by atoms with Crippen LogP contribution < -0.4 is 5.32 Å². The van der Waals surface area contributed by atoms with Crippen LogP contribution in [-0.2, 0) is 9.53 Å². The van der Waals surface area contributed by atoms with E-state index in [-0.39, 0.29) is 0 Å². The van der Waals surface area contributed by atoms with Gasteiger partial charge in [0.05, 0.1) is 6.10 Å². The zero-order valence-corrected chi connectivity index (χ0v) is 13.2. The SMILES string of the molecule is O=C(CCC1CCCCO1)N1CCC(NCC2CC2)CC1. The van der Waals surface area contributed by atoms with Crippen molar-refractivity contribution in [2.45, 2.75) is 69.9 Å². The lowest BCUT2D eigenvalue weighted by molar-refractivity contribution is -0.133. The summed E-state index contributed by atoms with van der Waals surface area (Å²) in [5.74, 6) is 1.28. The summed E-state index contributed by atoms with van der Waals surface area (Å²) in [6.07, 6.45) is 10.6. The van der Waals surface area contributed by atoms with Gasteiger partial charge in [0, 0.05) is 32.2 Å². The van der Waals surface area contributed by atoms with Gasteiger partial charge in [0.2, 0.25) is 5.91 Å². The third-order valence-electron chi connectivity index (χ3n) is 5.19. The van der Waals surface area contributed by atoms with E-state index in [1.165, 1.54) is 32.2 Å². The maximum Gasteiger partial charge on any atom is 0.222 e. The minimum atomic E-state index is 0.334. The van der Waals surface area contributed by atoms with Crippen LogP contribution in [-0.4, -0.2) is 49.2 Å². The fourth-order valence-corrected chi connectivity index (χ4v) is 3.47. The largest absolute Gasteiger partial charge is 0.378 e. The molecule has 1 N–H and O–H groups in total. The summed E-state index contributed by atoms with van der Waals surface area (Å²) in [6, 6.07) is 0.635. The Hall–Kier alpha value is -0.610. The number of piperidine rings is 1. The Morgan fingerprint density at radius 1 is 1.10 bits per heavy atom. The summed E-state index contributed by atoms with van der Waals surface area (Å²) < 4.78 is 5.71. The molecule has 1 saturated carbocycles. The van der Waals surface area contributed by atoms with Crippen molar-refractivity contribution in [2.75, 3.05) is 26.2 Å². The van der Waals surface area contributed by atoms with E-state index in [9.17, 15) is 4.79 Å². The van der Waals surface area contributed by atoms with Crippen molar-refractivity contribution in [2.24, 2.45) is 5.92 Å². The molecule has 0 aromatic heterocycles. The van der Waals surface area contributed by atoms with Crippen LogP contribution in [0, 0.1) is 5.92 Å². The van der Waals surface area contributed by atoms with Crippen LogP contribution in [0.2, 0.25) is 0 Å². The Morgan fingerprint density at radius 2 is 1.90 bits per heavy atom. The van der Waals surface area contributed by atoms with Gasteiger partial charge in [-0.3, -0.25) is 4.79 Å². The molecule has 0 aromatic rings. The highest BCUT2D eigenvalue weighted by molar-refractivity contribution is 5.76. The van der Waals surface area contributed by atoms with Crippen molar-refractivity contribution in [3.63, 3.8) is 0 Å². The van der Waals surface area contributed by atoms with E-state index < -0.39 is 0 Å². The molecular weight excluding hydrogens is 264 g/mol. The Balaban J connectivity index is 1.30. The molecule has 4 heteroatoms. The number of carbonyl (C=O) groups excluding carboxylic acids is 1. The molecule has 1 aliphatic carbocycles. The predicted octanol–water partition coefficient (Wildman–Crippen LogP) is 2.33. The fourth-order valence-electron chi connectivity index (χ4n) is 3.47. The lowest BCUT2D eigenvalue weighted by atomic mass is 10.0. The molecule has 3 fully saturated rings. The number of rotatable bonds is 6. The van der Waals surface area contributed by atoms with Gasteiger partial charge in [0.1, 0.15) is 0 Å². The second kappa shape index (κ2) is 7.59. The smallest absolute Gasteiger partial charge is 0.222 e. The zero-order valence-electron chi connectivity index (χ0n) is 13.2. The van der Waals surface area contributed by atoms with Crippen molar-refractivity contribution >= 4 is 5.91 Å². The van der Waals surface area contributed by atoms with Crippen molar-refractivity contribution in [3.8, 4) is 0 Å². The van der Waals surface area contributed by atoms with Gasteiger partial charge in [-0.2, -0.15) is 0 Å². The number of ether oxygens (including phenoxy) is 1. The molecule has 0 radical (unpaired) electrons. The molecule has 2 saturated heterocycles. The van der Waals surface area contributed by atoms with Crippen LogP contribution in [0.25, 0.3) is 0 Å².